The van der Waals surface area contributed by atoms with Gasteiger partial charge in [-0.05, 0) is 36.4 Å². The van der Waals surface area contributed by atoms with Crippen molar-refractivity contribution in [3.8, 4) is 17.1 Å². The lowest BCUT2D eigenvalue weighted by molar-refractivity contribution is -0.136. The Morgan fingerprint density at radius 3 is 2.44 bits per heavy atom. The largest absolute Gasteiger partial charge is 0.508 e. The summed E-state index contributed by atoms with van der Waals surface area (Å²) in [6.07, 6.45) is -0.383. The number of hydrogen-bond acceptors (Lipinski definition) is 5. The zero-order valence-corrected chi connectivity index (χ0v) is 12.9. The number of rotatable bonds is 3. The molecule has 0 fully saturated rings. The van der Waals surface area contributed by atoms with Crippen LogP contribution in [0.5, 0.6) is 5.75 Å². The predicted molar refractivity (Wildman–Crippen MR) is 90.7 cm³/mol. The number of para-hydroxylation sites is 1. The summed E-state index contributed by atoms with van der Waals surface area (Å²) < 4.78 is 11.2. The van der Waals surface area contributed by atoms with Gasteiger partial charge in [0.15, 0.2) is 5.58 Å². The van der Waals surface area contributed by atoms with E-state index < -0.39 is 11.6 Å². The van der Waals surface area contributed by atoms with E-state index in [1.165, 1.54) is 12.1 Å². The third-order valence-electron chi connectivity index (χ3n) is 4.00. The van der Waals surface area contributed by atoms with Crippen LogP contribution in [0.4, 0.5) is 0 Å². The van der Waals surface area contributed by atoms with Crippen LogP contribution in [-0.2, 0) is 11.2 Å². The molecule has 0 unspecified atom stereocenters. The van der Waals surface area contributed by atoms with E-state index >= 15 is 0 Å². The van der Waals surface area contributed by atoms with Gasteiger partial charge in [-0.3, -0.25) is 4.79 Å². The quantitative estimate of drug-likeness (QED) is 0.555. The third-order valence-corrected chi connectivity index (χ3v) is 4.00. The number of hydrogen-bond donors (Lipinski definition) is 2. The molecule has 0 bridgehead atoms. The molecule has 0 amide bonds. The van der Waals surface area contributed by atoms with E-state index in [0.29, 0.717) is 22.1 Å². The number of aromatic hydroxyl groups is 1. The number of carbonyl (C=O) groups is 1. The summed E-state index contributed by atoms with van der Waals surface area (Å²) in [7, 11) is 0. The average molecular weight is 336 g/mol. The normalized spacial score (nSPS) is 11.2. The summed E-state index contributed by atoms with van der Waals surface area (Å²) in [5.74, 6) is -0.735. The molecule has 0 aliphatic carbocycles. The van der Waals surface area contributed by atoms with Gasteiger partial charge in [0.1, 0.15) is 22.5 Å². The molecule has 0 saturated heterocycles. The van der Waals surface area contributed by atoms with E-state index in [1.807, 2.05) is 0 Å². The number of benzene rings is 2. The van der Waals surface area contributed by atoms with Gasteiger partial charge in [0.25, 0.3) is 0 Å². The van der Waals surface area contributed by atoms with Gasteiger partial charge in [0, 0.05) is 11.1 Å². The summed E-state index contributed by atoms with van der Waals surface area (Å²) in [6, 6.07) is 13.0. The van der Waals surface area contributed by atoms with Crippen LogP contribution in [0.2, 0.25) is 0 Å². The van der Waals surface area contributed by atoms with Crippen molar-refractivity contribution in [1.82, 2.24) is 0 Å². The molecule has 0 aliphatic heterocycles. The Labute approximate surface area is 140 Å². The number of carboxylic acid groups (broad SMARTS) is 1. The molecular weight excluding hydrogens is 324 g/mol. The second-order valence-corrected chi connectivity index (χ2v) is 5.62. The molecule has 0 spiro atoms. The number of phenolic OH excluding ortho intramolecular Hbond substituents is 1. The maximum Gasteiger partial charge on any atom is 0.347 e. The van der Waals surface area contributed by atoms with E-state index in [1.54, 1.807) is 36.4 Å². The van der Waals surface area contributed by atoms with Crippen molar-refractivity contribution in [2.75, 3.05) is 0 Å². The highest BCUT2D eigenvalue weighted by atomic mass is 16.4. The molecule has 0 atom stereocenters. The molecule has 0 aliphatic rings. The predicted octanol–water partition coefficient (Wildman–Crippen LogP) is 3.54. The Morgan fingerprint density at radius 2 is 1.72 bits per heavy atom. The van der Waals surface area contributed by atoms with Gasteiger partial charge in [-0.15, -0.1) is 0 Å². The van der Waals surface area contributed by atoms with Crippen molar-refractivity contribution in [2.24, 2.45) is 0 Å². The Morgan fingerprint density at radius 1 is 1.00 bits per heavy atom. The first-order chi connectivity index (χ1) is 12.0. The monoisotopic (exact) mass is 336 g/mol. The first-order valence-electron chi connectivity index (χ1n) is 7.53. The molecule has 6 heteroatoms. The lowest BCUT2D eigenvalue weighted by atomic mass is 10.0. The molecule has 2 heterocycles. The summed E-state index contributed by atoms with van der Waals surface area (Å²) in [4.78, 5) is 23.7. The van der Waals surface area contributed by atoms with Crippen LogP contribution in [0.25, 0.3) is 33.3 Å². The summed E-state index contributed by atoms with van der Waals surface area (Å²) in [6.45, 7) is 0. The standard InChI is InChI=1S/C19H12O6/c20-11-7-5-10(6-8-11)17-13(9-15(21)22)16-18(25-17)12-3-1-2-4-14(12)24-19(16)23/h1-8,20H,9H2,(H,21,22). The van der Waals surface area contributed by atoms with Gasteiger partial charge in [-0.2, -0.15) is 0 Å². The highest BCUT2D eigenvalue weighted by Crippen LogP contribution is 2.36. The van der Waals surface area contributed by atoms with Gasteiger partial charge in [-0.25, -0.2) is 4.79 Å². The highest BCUT2D eigenvalue weighted by molar-refractivity contribution is 6.04. The summed E-state index contributed by atoms with van der Waals surface area (Å²) in [5, 5.41) is 19.4. The molecule has 2 aromatic heterocycles. The first-order valence-corrected chi connectivity index (χ1v) is 7.53. The summed E-state index contributed by atoms with van der Waals surface area (Å²) in [5.41, 5.74) is 0.846. The number of aliphatic carboxylic acids is 1. The minimum absolute atomic E-state index is 0.0737. The molecule has 25 heavy (non-hydrogen) atoms. The number of fused-ring (bicyclic) bond motifs is 3. The van der Waals surface area contributed by atoms with E-state index in [0.717, 1.165) is 0 Å². The average Bonchev–Trinajstić information content (AvgIpc) is 2.95. The fourth-order valence-electron chi connectivity index (χ4n) is 2.93. The smallest absolute Gasteiger partial charge is 0.347 e. The highest BCUT2D eigenvalue weighted by Gasteiger charge is 2.23. The summed E-state index contributed by atoms with van der Waals surface area (Å²) >= 11 is 0. The Bertz CT molecular complexity index is 1160. The maximum atomic E-state index is 12.4. The molecular formula is C19H12O6. The topological polar surface area (TPSA) is 101 Å². The van der Waals surface area contributed by atoms with Gasteiger partial charge in [0.2, 0.25) is 0 Å². The number of phenols is 1. The fourth-order valence-corrected chi connectivity index (χ4v) is 2.93. The lowest BCUT2D eigenvalue weighted by Crippen LogP contribution is -2.06. The van der Waals surface area contributed by atoms with E-state index in [2.05, 4.69) is 0 Å². The SMILES string of the molecule is O=C(O)Cc1c(-c2ccc(O)cc2)oc2c1c(=O)oc1ccccc12. The van der Waals surface area contributed by atoms with Crippen LogP contribution in [0.3, 0.4) is 0 Å². The van der Waals surface area contributed by atoms with Gasteiger partial charge in [-0.1, -0.05) is 12.1 Å². The van der Waals surface area contributed by atoms with Crippen molar-refractivity contribution in [2.45, 2.75) is 6.42 Å². The Balaban J connectivity index is 2.13. The molecule has 124 valence electrons. The van der Waals surface area contributed by atoms with Crippen molar-refractivity contribution in [3.63, 3.8) is 0 Å². The van der Waals surface area contributed by atoms with Gasteiger partial charge in [0.05, 0.1) is 11.8 Å². The van der Waals surface area contributed by atoms with E-state index in [4.69, 9.17) is 8.83 Å². The lowest BCUT2D eigenvalue weighted by Gasteiger charge is -2.01. The Kier molecular flexibility index (Phi) is 3.32. The van der Waals surface area contributed by atoms with Gasteiger partial charge < -0.3 is 19.0 Å². The number of carboxylic acids is 1. The van der Waals surface area contributed by atoms with Gasteiger partial charge >= 0.3 is 11.6 Å². The molecule has 4 aromatic rings. The zero-order valence-electron chi connectivity index (χ0n) is 12.9. The zero-order chi connectivity index (χ0) is 17.6. The minimum atomic E-state index is -1.09. The Hall–Kier alpha value is -3.54. The number of furan rings is 1. The fraction of sp³-hybridized carbons (Fsp3) is 0.0526. The maximum absolute atomic E-state index is 12.4. The van der Waals surface area contributed by atoms with Crippen LogP contribution in [0.15, 0.2) is 62.2 Å². The molecule has 2 aromatic carbocycles. The van der Waals surface area contributed by atoms with E-state index in [9.17, 15) is 19.8 Å². The second-order valence-electron chi connectivity index (χ2n) is 5.62. The molecule has 0 saturated carbocycles. The van der Waals surface area contributed by atoms with Crippen LogP contribution < -0.4 is 5.63 Å². The third kappa shape index (κ3) is 2.44. The van der Waals surface area contributed by atoms with Crippen LogP contribution >= 0.6 is 0 Å². The van der Waals surface area contributed by atoms with Crippen LogP contribution in [0.1, 0.15) is 5.56 Å². The molecule has 2 N–H and O–H groups in total. The van der Waals surface area contributed by atoms with Crippen LogP contribution in [-0.4, -0.2) is 16.2 Å². The molecule has 0 radical (unpaired) electrons. The minimum Gasteiger partial charge on any atom is -0.508 e. The van der Waals surface area contributed by atoms with E-state index in [-0.39, 0.29) is 28.9 Å². The van der Waals surface area contributed by atoms with Crippen molar-refractivity contribution in [1.29, 1.82) is 0 Å². The van der Waals surface area contributed by atoms with Crippen molar-refractivity contribution < 1.29 is 23.8 Å². The first kappa shape index (κ1) is 15.0. The second kappa shape index (κ2) is 5.52. The van der Waals surface area contributed by atoms with Crippen molar-refractivity contribution in [3.05, 3.63) is 64.5 Å². The van der Waals surface area contributed by atoms with Crippen molar-refractivity contribution >= 4 is 27.9 Å². The van der Waals surface area contributed by atoms with Crippen LogP contribution in [0, 0.1) is 0 Å². The molecule has 4 rings (SSSR count). The molecule has 6 nitrogen and oxygen atoms in total.